The molecule has 0 spiro atoms. The number of amides is 1. The summed E-state index contributed by atoms with van der Waals surface area (Å²) in [5, 5.41) is 3.42. The molecule has 0 heterocycles. The van der Waals surface area contributed by atoms with E-state index < -0.39 is 6.10 Å². The van der Waals surface area contributed by atoms with Gasteiger partial charge >= 0.3 is 0 Å². The summed E-state index contributed by atoms with van der Waals surface area (Å²) >= 11 is 5.81. The van der Waals surface area contributed by atoms with Crippen LogP contribution in [-0.4, -0.2) is 12.0 Å². The minimum absolute atomic E-state index is 0.197. The number of benzene rings is 2. The molecule has 1 atom stereocenters. The van der Waals surface area contributed by atoms with E-state index in [0.29, 0.717) is 16.5 Å². The van der Waals surface area contributed by atoms with Gasteiger partial charge in [-0.1, -0.05) is 30.7 Å². The molecule has 2 aromatic rings. The topological polar surface area (TPSA) is 38.3 Å². The molecule has 21 heavy (non-hydrogen) atoms. The Balaban J connectivity index is 1.93. The lowest BCUT2D eigenvalue weighted by molar-refractivity contribution is -0.122. The summed E-state index contributed by atoms with van der Waals surface area (Å²) in [5.74, 6) is 0.489. The van der Waals surface area contributed by atoms with Crippen molar-refractivity contribution in [2.45, 2.75) is 26.4 Å². The second-order valence-electron chi connectivity index (χ2n) is 4.75. The van der Waals surface area contributed by atoms with Crippen LogP contribution in [0.1, 0.15) is 19.4 Å². The van der Waals surface area contributed by atoms with Crippen LogP contribution in [0, 0.1) is 0 Å². The zero-order valence-electron chi connectivity index (χ0n) is 12.1. The van der Waals surface area contributed by atoms with Crippen molar-refractivity contribution in [1.82, 2.24) is 0 Å². The third-order valence-electron chi connectivity index (χ3n) is 3.13. The molecule has 4 heteroatoms. The summed E-state index contributed by atoms with van der Waals surface area (Å²) in [7, 11) is 0. The molecule has 2 rings (SSSR count). The molecule has 110 valence electrons. The predicted molar refractivity (Wildman–Crippen MR) is 86.0 cm³/mol. The van der Waals surface area contributed by atoms with Crippen molar-refractivity contribution in [2.24, 2.45) is 0 Å². The van der Waals surface area contributed by atoms with Crippen LogP contribution in [0.15, 0.2) is 48.5 Å². The Morgan fingerprint density at radius 3 is 2.33 bits per heavy atom. The minimum atomic E-state index is -0.576. The van der Waals surface area contributed by atoms with Gasteiger partial charge in [0, 0.05) is 10.7 Å². The van der Waals surface area contributed by atoms with E-state index in [0.717, 1.165) is 6.42 Å². The monoisotopic (exact) mass is 303 g/mol. The number of anilines is 1. The van der Waals surface area contributed by atoms with Crippen LogP contribution in [0.3, 0.4) is 0 Å². The van der Waals surface area contributed by atoms with E-state index in [1.807, 2.05) is 24.3 Å². The first-order valence-corrected chi connectivity index (χ1v) is 7.28. The van der Waals surface area contributed by atoms with Gasteiger partial charge in [-0.3, -0.25) is 4.79 Å². The number of halogens is 1. The first-order chi connectivity index (χ1) is 10.1. The van der Waals surface area contributed by atoms with Crippen molar-refractivity contribution in [3.05, 3.63) is 59.1 Å². The lowest BCUT2D eigenvalue weighted by atomic mass is 10.2. The van der Waals surface area contributed by atoms with Gasteiger partial charge in [0.15, 0.2) is 6.10 Å². The van der Waals surface area contributed by atoms with Crippen LogP contribution >= 0.6 is 11.6 Å². The number of ether oxygens (including phenoxy) is 1. The molecule has 0 aliphatic carbocycles. The molecule has 0 unspecified atom stereocenters. The van der Waals surface area contributed by atoms with Crippen molar-refractivity contribution >= 4 is 23.2 Å². The molecule has 0 aliphatic heterocycles. The van der Waals surface area contributed by atoms with Gasteiger partial charge in [0.2, 0.25) is 0 Å². The Morgan fingerprint density at radius 1 is 1.14 bits per heavy atom. The van der Waals surface area contributed by atoms with Crippen molar-refractivity contribution in [3.8, 4) is 5.75 Å². The Morgan fingerprint density at radius 2 is 1.76 bits per heavy atom. The summed E-state index contributed by atoms with van der Waals surface area (Å²) in [6, 6.07) is 14.7. The highest BCUT2D eigenvalue weighted by atomic mass is 35.5. The third kappa shape index (κ3) is 4.50. The van der Waals surface area contributed by atoms with Crippen LogP contribution in [0.2, 0.25) is 5.02 Å². The zero-order chi connectivity index (χ0) is 15.2. The SMILES string of the molecule is CCc1ccc(O[C@@H](C)C(=O)Nc2ccc(Cl)cc2)cc1. The molecule has 0 bridgehead atoms. The van der Waals surface area contributed by atoms with Crippen LogP contribution in [0.25, 0.3) is 0 Å². The van der Waals surface area contributed by atoms with E-state index in [1.54, 1.807) is 31.2 Å². The maximum absolute atomic E-state index is 12.1. The predicted octanol–water partition coefficient (Wildman–Crippen LogP) is 4.31. The highest BCUT2D eigenvalue weighted by molar-refractivity contribution is 6.30. The van der Waals surface area contributed by atoms with Gasteiger partial charge in [-0.05, 0) is 55.3 Å². The van der Waals surface area contributed by atoms with Gasteiger partial charge in [-0.2, -0.15) is 0 Å². The Bertz CT molecular complexity index is 593. The third-order valence-corrected chi connectivity index (χ3v) is 3.38. The molecule has 0 aromatic heterocycles. The fourth-order valence-electron chi connectivity index (χ4n) is 1.84. The summed E-state index contributed by atoms with van der Waals surface area (Å²) < 4.78 is 5.63. The standard InChI is InChI=1S/C17H18ClNO2/c1-3-13-4-10-16(11-5-13)21-12(2)17(20)19-15-8-6-14(18)7-9-15/h4-12H,3H2,1-2H3,(H,19,20)/t12-/m0/s1. The van der Waals surface area contributed by atoms with Crippen LogP contribution in [0.4, 0.5) is 5.69 Å². The molecule has 1 N–H and O–H groups in total. The van der Waals surface area contributed by atoms with Gasteiger partial charge in [0.25, 0.3) is 5.91 Å². The number of carbonyl (C=O) groups is 1. The van der Waals surface area contributed by atoms with Crippen LogP contribution < -0.4 is 10.1 Å². The molecular weight excluding hydrogens is 286 g/mol. The lowest BCUT2D eigenvalue weighted by Crippen LogP contribution is -2.30. The number of hydrogen-bond acceptors (Lipinski definition) is 2. The lowest BCUT2D eigenvalue weighted by Gasteiger charge is -2.15. The molecule has 1 amide bonds. The first kappa shape index (κ1) is 15.4. The van der Waals surface area contributed by atoms with E-state index in [4.69, 9.17) is 16.3 Å². The molecule has 0 saturated carbocycles. The molecule has 2 aromatic carbocycles. The largest absolute Gasteiger partial charge is 0.481 e. The van der Waals surface area contributed by atoms with Gasteiger partial charge < -0.3 is 10.1 Å². The van der Waals surface area contributed by atoms with Gasteiger partial charge in [0.05, 0.1) is 0 Å². The number of rotatable bonds is 5. The van der Waals surface area contributed by atoms with Gasteiger partial charge in [-0.25, -0.2) is 0 Å². The van der Waals surface area contributed by atoms with Crippen molar-refractivity contribution in [2.75, 3.05) is 5.32 Å². The molecule has 0 radical (unpaired) electrons. The zero-order valence-corrected chi connectivity index (χ0v) is 12.9. The van der Waals surface area contributed by atoms with E-state index in [2.05, 4.69) is 12.2 Å². The first-order valence-electron chi connectivity index (χ1n) is 6.90. The van der Waals surface area contributed by atoms with E-state index in [-0.39, 0.29) is 5.91 Å². The number of hydrogen-bond donors (Lipinski definition) is 1. The molecule has 0 aliphatic rings. The van der Waals surface area contributed by atoms with Gasteiger partial charge in [0.1, 0.15) is 5.75 Å². The van der Waals surface area contributed by atoms with E-state index in [1.165, 1.54) is 5.56 Å². The van der Waals surface area contributed by atoms with Crippen molar-refractivity contribution in [3.63, 3.8) is 0 Å². The maximum Gasteiger partial charge on any atom is 0.265 e. The highest BCUT2D eigenvalue weighted by Crippen LogP contribution is 2.16. The van der Waals surface area contributed by atoms with Crippen molar-refractivity contribution < 1.29 is 9.53 Å². The van der Waals surface area contributed by atoms with Gasteiger partial charge in [-0.15, -0.1) is 0 Å². The fourth-order valence-corrected chi connectivity index (χ4v) is 1.96. The second-order valence-corrected chi connectivity index (χ2v) is 5.19. The fraction of sp³-hybridized carbons (Fsp3) is 0.235. The normalized spacial score (nSPS) is 11.8. The highest BCUT2D eigenvalue weighted by Gasteiger charge is 2.14. The van der Waals surface area contributed by atoms with E-state index >= 15 is 0 Å². The quantitative estimate of drug-likeness (QED) is 0.894. The molecule has 0 saturated heterocycles. The number of aryl methyl sites for hydroxylation is 1. The summed E-state index contributed by atoms with van der Waals surface area (Å²) in [5.41, 5.74) is 1.93. The second kappa shape index (κ2) is 7.14. The van der Waals surface area contributed by atoms with Crippen LogP contribution in [-0.2, 0) is 11.2 Å². The molecule has 0 fully saturated rings. The minimum Gasteiger partial charge on any atom is -0.481 e. The average Bonchev–Trinajstić information content (AvgIpc) is 2.50. The Hall–Kier alpha value is -2.00. The smallest absolute Gasteiger partial charge is 0.265 e. The summed E-state index contributed by atoms with van der Waals surface area (Å²) in [6.07, 6.45) is 0.403. The van der Waals surface area contributed by atoms with E-state index in [9.17, 15) is 4.79 Å². The average molecular weight is 304 g/mol. The van der Waals surface area contributed by atoms with Crippen molar-refractivity contribution in [1.29, 1.82) is 0 Å². The number of carbonyl (C=O) groups excluding carboxylic acids is 1. The van der Waals surface area contributed by atoms with Crippen LogP contribution in [0.5, 0.6) is 5.75 Å². The Labute approximate surface area is 129 Å². The Kier molecular flexibility index (Phi) is 5.23. The summed E-state index contributed by atoms with van der Waals surface area (Å²) in [4.78, 5) is 12.1. The number of nitrogens with one attached hydrogen (secondary N) is 1. The molecular formula is C17H18ClNO2. The summed E-state index contributed by atoms with van der Waals surface area (Å²) in [6.45, 7) is 3.82. The molecule has 3 nitrogen and oxygen atoms in total. The maximum atomic E-state index is 12.1.